The third kappa shape index (κ3) is 6.65. The van der Waals surface area contributed by atoms with Gasteiger partial charge in [0.05, 0.1) is 6.61 Å². The molecule has 0 bridgehead atoms. The van der Waals surface area contributed by atoms with E-state index in [0.717, 1.165) is 0 Å². The number of ether oxygens (including phenoxy) is 1. The van der Waals surface area contributed by atoms with Gasteiger partial charge in [0.1, 0.15) is 5.75 Å². The van der Waals surface area contributed by atoms with E-state index in [2.05, 4.69) is 10.6 Å². The van der Waals surface area contributed by atoms with Gasteiger partial charge in [0.15, 0.2) is 0 Å². The van der Waals surface area contributed by atoms with Gasteiger partial charge in [-0.1, -0.05) is 6.07 Å². The van der Waals surface area contributed by atoms with Crippen LogP contribution in [0.1, 0.15) is 33.6 Å². The van der Waals surface area contributed by atoms with E-state index in [9.17, 15) is 9.59 Å². The second-order valence-corrected chi connectivity index (χ2v) is 5.32. The zero-order valence-corrected chi connectivity index (χ0v) is 12.6. The third-order valence-corrected chi connectivity index (χ3v) is 2.82. The van der Waals surface area contributed by atoms with E-state index in [0.29, 0.717) is 24.5 Å². The lowest BCUT2D eigenvalue weighted by Crippen LogP contribution is -2.45. The standard InChI is InChI=1S/C15H22N2O4/c1-4-21-12-7-5-6-11(10-12)16-14(20)17-15(2,3)9-8-13(18)19/h5-7,10H,4,8-9H2,1-3H3,(H,18,19)(H2,16,17,20). The number of carboxylic acids is 1. The first-order chi connectivity index (χ1) is 9.82. The van der Waals surface area contributed by atoms with Crippen molar-refractivity contribution >= 4 is 17.7 Å². The molecule has 2 amide bonds. The van der Waals surface area contributed by atoms with E-state index in [1.165, 1.54) is 0 Å². The number of carbonyl (C=O) groups excluding carboxylic acids is 1. The van der Waals surface area contributed by atoms with Crippen LogP contribution in [-0.2, 0) is 4.79 Å². The third-order valence-electron chi connectivity index (χ3n) is 2.82. The lowest BCUT2D eigenvalue weighted by atomic mass is 9.99. The van der Waals surface area contributed by atoms with Gasteiger partial charge in [-0.2, -0.15) is 0 Å². The zero-order chi connectivity index (χ0) is 15.9. The van der Waals surface area contributed by atoms with Gasteiger partial charge >= 0.3 is 12.0 Å². The van der Waals surface area contributed by atoms with Crippen LogP contribution in [0, 0.1) is 0 Å². The number of urea groups is 1. The summed E-state index contributed by atoms with van der Waals surface area (Å²) in [5.41, 5.74) is 0.0208. The number of carboxylic acid groups (broad SMARTS) is 1. The van der Waals surface area contributed by atoms with E-state index in [1.54, 1.807) is 32.0 Å². The molecule has 6 nitrogen and oxygen atoms in total. The maximum absolute atomic E-state index is 11.9. The average Bonchev–Trinajstić information content (AvgIpc) is 2.36. The van der Waals surface area contributed by atoms with Crippen molar-refractivity contribution in [1.82, 2.24) is 5.32 Å². The smallest absolute Gasteiger partial charge is 0.319 e. The van der Waals surface area contributed by atoms with Crippen LogP contribution >= 0.6 is 0 Å². The number of anilines is 1. The first kappa shape index (κ1) is 16.8. The number of carbonyl (C=O) groups is 2. The molecular formula is C15H22N2O4. The largest absolute Gasteiger partial charge is 0.494 e. The molecule has 0 aliphatic heterocycles. The number of nitrogens with one attached hydrogen (secondary N) is 2. The lowest BCUT2D eigenvalue weighted by Gasteiger charge is -2.25. The highest BCUT2D eigenvalue weighted by atomic mass is 16.5. The van der Waals surface area contributed by atoms with Gasteiger partial charge in [0, 0.05) is 23.7 Å². The molecule has 1 aromatic carbocycles. The van der Waals surface area contributed by atoms with Crippen LogP contribution in [0.2, 0.25) is 0 Å². The Bertz CT molecular complexity index is 500. The van der Waals surface area contributed by atoms with Crippen molar-refractivity contribution in [2.24, 2.45) is 0 Å². The van der Waals surface area contributed by atoms with E-state index < -0.39 is 11.5 Å². The minimum absolute atomic E-state index is 0.00705. The summed E-state index contributed by atoms with van der Waals surface area (Å²) in [4.78, 5) is 22.5. The summed E-state index contributed by atoms with van der Waals surface area (Å²) >= 11 is 0. The summed E-state index contributed by atoms with van der Waals surface area (Å²) in [6.45, 7) is 6.01. The topological polar surface area (TPSA) is 87.7 Å². The van der Waals surface area contributed by atoms with Crippen molar-refractivity contribution < 1.29 is 19.4 Å². The van der Waals surface area contributed by atoms with Crippen LogP contribution in [0.5, 0.6) is 5.75 Å². The van der Waals surface area contributed by atoms with Crippen LogP contribution in [0.15, 0.2) is 24.3 Å². The van der Waals surface area contributed by atoms with Crippen LogP contribution < -0.4 is 15.4 Å². The zero-order valence-electron chi connectivity index (χ0n) is 12.6. The Balaban J connectivity index is 2.56. The molecule has 0 heterocycles. The number of benzene rings is 1. The molecule has 0 atom stereocenters. The SMILES string of the molecule is CCOc1cccc(NC(=O)NC(C)(C)CCC(=O)O)c1. The molecule has 0 fully saturated rings. The van der Waals surface area contributed by atoms with Crippen molar-refractivity contribution in [3.63, 3.8) is 0 Å². The molecule has 21 heavy (non-hydrogen) atoms. The van der Waals surface area contributed by atoms with Crippen molar-refractivity contribution in [1.29, 1.82) is 0 Å². The number of rotatable bonds is 7. The first-order valence-electron chi connectivity index (χ1n) is 6.86. The molecule has 0 saturated carbocycles. The summed E-state index contributed by atoms with van der Waals surface area (Å²) in [7, 11) is 0. The molecule has 116 valence electrons. The fourth-order valence-electron chi connectivity index (χ4n) is 1.78. The monoisotopic (exact) mass is 294 g/mol. The predicted molar refractivity (Wildman–Crippen MR) is 80.7 cm³/mol. The molecule has 1 aromatic rings. The van der Waals surface area contributed by atoms with Crippen LogP contribution in [0.3, 0.4) is 0 Å². The lowest BCUT2D eigenvalue weighted by molar-refractivity contribution is -0.137. The highest BCUT2D eigenvalue weighted by Gasteiger charge is 2.21. The van der Waals surface area contributed by atoms with E-state index in [4.69, 9.17) is 9.84 Å². The Hall–Kier alpha value is -2.24. The van der Waals surface area contributed by atoms with Gasteiger partial charge in [0.25, 0.3) is 0 Å². The van der Waals surface area contributed by atoms with Crippen molar-refractivity contribution in [3.8, 4) is 5.75 Å². The molecule has 6 heteroatoms. The molecular weight excluding hydrogens is 272 g/mol. The molecule has 0 spiro atoms. The quantitative estimate of drug-likeness (QED) is 0.721. The fourth-order valence-corrected chi connectivity index (χ4v) is 1.78. The van der Waals surface area contributed by atoms with Crippen molar-refractivity contribution in [2.45, 2.75) is 39.2 Å². The number of aliphatic carboxylic acids is 1. The Morgan fingerprint density at radius 2 is 2.05 bits per heavy atom. The van der Waals surface area contributed by atoms with Crippen molar-refractivity contribution in [2.75, 3.05) is 11.9 Å². The maximum atomic E-state index is 11.9. The fraction of sp³-hybridized carbons (Fsp3) is 0.467. The number of hydrogen-bond donors (Lipinski definition) is 3. The summed E-state index contributed by atoms with van der Waals surface area (Å²) < 4.78 is 5.36. The van der Waals surface area contributed by atoms with Crippen LogP contribution in [-0.4, -0.2) is 29.3 Å². The van der Waals surface area contributed by atoms with Crippen LogP contribution in [0.4, 0.5) is 10.5 Å². The summed E-state index contributed by atoms with van der Waals surface area (Å²) in [6.07, 6.45) is 0.363. The second kappa shape index (κ2) is 7.52. The second-order valence-electron chi connectivity index (χ2n) is 5.32. The molecule has 3 N–H and O–H groups in total. The molecule has 0 aliphatic carbocycles. The molecule has 0 aliphatic rings. The molecule has 1 rings (SSSR count). The van der Waals surface area contributed by atoms with Gasteiger partial charge < -0.3 is 20.5 Å². The van der Waals surface area contributed by atoms with Gasteiger partial charge in [-0.05, 0) is 39.3 Å². The highest BCUT2D eigenvalue weighted by molar-refractivity contribution is 5.89. The van der Waals surface area contributed by atoms with Crippen molar-refractivity contribution in [3.05, 3.63) is 24.3 Å². The number of hydrogen-bond acceptors (Lipinski definition) is 3. The van der Waals surface area contributed by atoms with Gasteiger partial charge in [0.2, 0.25) is 0 Å². The maximum Gasteiger partial charge on any atom is 0.319 e. The minimum atomic E-state index is -0.880. The van der Waals surface area contributed by atoms with E-state index in [-0.39, 0.29) is 12.5 Å². The van der Waals surface area contributed by atoms with Gasteiger partial charge in [-0.25, -0.2) is 4.79 Å². The summed E-state index contributed by atoms with van der Waals surface area (Å²) in [5, 5.41) is 14.1. The van der Waals surface area contributed by atoms with Gasteiger partial charge in [-0.15, -0.1) is 0 Å². The summed E-state index contributed by atoms with van der Waals surface area (Å²) in [6, 6.07) is 6.71. The highest BCUT2D eigenvalue weighted by Crippen LogP contribution is 2.18. The first-order valence-corrected chi connectivity index (χ1v) is 6.86. The van der Waals surface area contributed by atoms with E-state index in [1.807, 2.05) is 13.0 Å². The Morgan fingerprint density at radius 1 is 1.33 bits per heavy atom. The Kier molecular flexibility index (Phi) is 6.02. The normalized spacial score (nSPS) is 10.8. The Morgan fingerprint density at radius 3 is 2.67 bits per heavy atom. The predicted octanol–water partition coefficient (Wildman–Crippen LogP) is 2.85. The van der Waals surface area contributed by atoms with Gasteiger partial charge in [-0.3, -0.25) is 4.79 Å². The number of amides is 2. The molecule has 0 aromatic heterocycles. The molecule has 0 radical (unpaired) electrons. The average molecular weight is 294 g/mol. The Labute approximate surface area is 124 Å². The summed E-state index contributed by atoms with van der Waals surface area (Å²) in [5.74, 6) is -0.199. The molecule has 0 unspecified atom stereocenters. The minimum Gasteiger partial charge on any atom is -0.494 e. The van der Waals surface area contributed by atoms with E-state index >= 15 is 0 Å². The van der Waals surface area contributed by atoms with Crippen LogP contribution in [0.25, 0.3) is 0 Å². The molecule has 0 saturated heterocycles.